The van der Waals surface area contributed by atoms with Crippen molar-refractivity contribution in [2.45, 2.75) is 45.1 Å². The summed E-state index contributed by atoms with van der Waals surface area (Å²) >= 11 is 8.13. The summed E-state index contributed by atoms with van der Waals surface area (Å²) in [5.41, 5.74) is 3.40. The molecular formula is C18H19ClN2OS. The molecule has 1 N–H and O–H groups in total. The van der Waals surface area contributed by atoms with Crippen LogP contribution in [0.5, 0.6) is 0 Å². The Morgan fingerprint density at radius 2 is 2.22 bits per heavy atom. The van der Waals surface area contributed by atoms with E-state index in [4.69, 9.17) is 16.0 Å². The first kappa shape index (κ1) is 15.0. The second-order valence-electron chi connectivity index (χ2n) is 6.18. The van der Waals surface area contributed by atoms with Gasteiger partial charge in [0.1, 0.15) is 10.9 Å². The van der Waals surface area contributed by atoms with E-state index in [9.17, 15) is 0 Å². The molecule has 3 aromatic rings. The van der Waals surface area contributed by atoms with Crippen molar-refractivity contribution < 1.29 is 4.42 Å². The maximum Gasteiger partial charge on any atom is 0.131 e. The Labute approximate surface area is 144 Å². The number of furan rings is 1. The number of fused-ring (bicyclic) bond motifs is 1. The highest BCUT2D eigenvalue weighted by Crippen LogP contribution is 2.44. The normalized spacial score (nSPS) is 15.6. The van der Waals surface area contributed by atoms with Gasteiger partial charge in [-0.1, -0.05) is 24.4 Å². The fourth-order valence-electron chi connectivity index (χ4n) is 3.47. The van der Waals surface area contributed by atoms with Crippen LogP contribution >= 0.6 is 22.9 Å². The van der Waals surface area contributed by atoms with Gasteiger partial charge in [-0.05, 0) is 43.4 Å². The first-order valence-electron chi connectivity index (χ1n) is 8.08. The molecule has 0 unspecified atom stereocenters. The topological polar surface area (TPSA) is 38.1 Å². The van der Waals surface area contributed by atoms with Gasteiger partial charge in [-0.25, -0.2) is 4.98 Å². The Bertz CT molecular complexity index is 819. The van der Waals surface area contributed by atoms with Gasteiger partial charge in [0.2, 0.25) is 0 Å². The Morgan fingerprint density at radius 1 is 1.39 bits per heavy atom. The van der Waals surface area contributed by atoms with Crippen molar-refractivity contribution in [1.29, 1.82) is 0 Å². The van der Waals surface area contributed by atoms with Gasteiger partial charge in [0.05, 0.1) is 28.7 Å². The number of anilines is 1. The van der Waals surface area contributed by atoms with Crippen LogP contribution in [0.3, 0.4) is 0 Å². The van der Waals surface area contributed by atoms with Crippen molar-refractivity contribution in [3.8, 4) is 0 Å². The zero-order valence-corrected chi connectivity index (χ0v) is 14.6. The highest BCUT2D eigenvalue weighted by Gasteiger charge is 2.23. The van der Waals surface area contributed by atoms with Gasteiger partial charge in [-0.3, -0.25) is 0 Å². The summed E-state index contributed by atoms with van der Waals surface area (Å²) in [6, 6.07) is 5.79. The Kier molecular flexibility index (Phi) is 4.04. The molecule has 3 aromatic heterocycles. The SMILES string of the molecule is Cc1c(C2CCCC2)sc2c(NCc3ccco3)cc(Cl)nc12. The average Bonchev–Trinajstić information content (AvgIpc) is 3.26. The van der Waals surface area contributed by atoms with Crippen molar-refractivity contribution in [3.63, 3.8) is 0 Å². The largest absolute Gasteiger partial charge is 0.467 e. The second-order valence-corrected chi connectivity index (χ2v) is 7.62. The van der Waals surface area contributed by atoms with Crippen molar-refractivity contribution in [2.24, 2.45) is 0 Å². The molecule has 4 rings (SSSR count). The number of hydrogen-bond acceptors (Lipinski definition) is 4. The van der Waals surface area contributed by atoms with Gasteiger partial charge in [0.25, 0.3) is 0 Å². The molecule has 3 heterocycles. The van der Waals surface area contributed by atoms with Gasteiger partial charge < -0.3 is 9.73 Å². The second kappa shape index (κ2) is 6.17. The Hall–Kier alpha value is -1.52. The van der Waals surface area contributed by atoms with Gasteiger partial charge in [0.15, 0.2) is 0 Å². The molecule has 23 heavy (non-hydrogen) atoms. The van der Waals surface area contributed by atoms with Gasteiger partial charge >= 0.3 is 0 Å². The predicted molar refractivity (Wildman–Crippen MR) is 96.6 cm³/mol. The zero-order valence-electron chi connectivity index (χ0n) is 13.1. The van der Waals surface area contributed by atoms with E-state index in [1.165, 1.54) is 40.8 Å². The number of rotatable bonds is 4. The van der Waals surface area contributed by atoms with Crippen LogP contribution in [-0.4, -0.2) is 4.98 Å². The molecule has 0 aromatic carbocycles. The lowest BCUT2D eigenvalue weighted by Gasteiger charge is -2.06. The summed E-state index contributed by atoms with van der Waals surface area (Å²) in [6.07, 6.45) is 6.99. The standard InChI is InChI=1S/C18H19ClN2OS/c1-11-16-18(23-17(11)12-5-2-3-6-12)14(9-15(19)21-16)20-10-13-7-4-8-22-13/h4,7-9,12H,2-3,5-6,10H2,1H3,(H,20,21). The van der Waals surface area contributed by atoms with E-state index in [-0.39, 0.29) is 0 Å². The summed E-state index contributed by atoms with van der Waals surface area (Å²) in [4.78, 5) is 6.08. The van der Waals surface area contributed by atoms with Crippen molar-refractivity contribution in [1.82, 2.24) is 4.98 Å². The van der Waals surface area contributed by atoms with Crippen LogP contribution in [-0.2, 0) is 6.54 Å². The highest BCUT2D eigenvalue weighted by atomic mass is 35.5. The van der Waals surface area contributed by atoms with Crippen LogP contribution < -0.4 is 5.32 Å². The van der Waals surface area contributed by atoms with E-state index in [1.54, 1.807) is 6.26 Å². The fourth-order valence-corrected chi connectivity index (χ4v) is 5.07. The first-order valence-corrected chi connectivity index (χ1v) is 9.27. The summed E-state index contributed by atoms with van der Waals surface area (Å²) < 4.78 is 6.61. The third-order valence-electron chi connectivity index (χ3n) is 4.64. The summed E-state index contributed by atoms with van der Waals surface area (Å²) in [5, 5.41) is 3.99. The van der Waals surface area contributed by atoms with Crippen molar-refractivity contribution in [2.75, 3.05) is 5.32 Å². The number of nitrogens with one attached hydrogen (secondary N) is 1. The minimum Gasteiger partial charge on any atom is -0.467 e. The molecule has 0 radical (unpaired) electrons. The maximum atomic E-state index is 6.26. The third kappa shape index (κ3) is 2.86. The van der Waals surface area contributed by atoms with E-state index in [2.05, 4.69) is 17.2 Å². The molecule has 0 aliphatic heterocycles. The molecule has 5 heteroatoms. The summed E-state index contributed by atoms with van der Waals surface area (Å²) in [5.74, 6) is 1.61. The molecule has 1 fully saturated rings. The minimum absolute atomic E-state index is 0.540. The molecule has 1 saturated carbocycles. The van der Waals surface area contributed by atoms with Crippen LogP contribution in [0, 0.1) is 6.92 Å². The molecule has 0 atom stereocenters. The lowest BCUT2D eigenvalue weighted by Crippen LogP contribution is -1.98. The van der Waals surface area contributed by atoms with E-state index < -0.39 is 0 Å². The predicted octanol–water partition coefficient (Wildman–Crippen LogP) is 6.12. The molecule has 0 bridgehead atoms. The number of nitrogens with zero attached hydrogens (tertiary/aromatic N) is 1. The number of hydrogen-bond donors (Lipinski definition) is 1. The number of aromatic nitrogens is 1. The highest BCUT2D eigenvalue weighted by molar-refractivity contribution is 7.20. The van der Waals surface area contributed by atoms with Crippen molar-refractivity contribution >= 4 is 38.8 Å². The Morgan fingerprint density at radius 3 is 2.96 bits per heavy atom. The summed E-state index contributed by atoms with van der Waals surface area (Å²) in [6.45, 7) is 2.84. The summed E-state index contributed by atoms with van der Waals surface area (Å²) in [7, 11) is 0. The van der Waals surface area contributed by atoms with Crippen LogP contribution in [0.15, 0.2) is 28.9 Å². The van der Waals surface area contributed by atoms with Gasteiger partial charge in [-0.15, -0.1) is 11.3 Å². The average molecular weight is 347 g/mol. The molecule has 1 aliphatic rings. The minimum atomic E-state index is 0.540. The number of aryl methyl sites for hydroxylation is 1. The van der Waals surface area contributed by atoms with E-state index in [1.807, 2.05) is 29.5 Å². The zero-order chi connectivity index (χ0) is 15.8. The number of halogens is 1. The molecule has 120 valence electrons. The number of pyridine rings is 1. The molecular weight excluding hydrogens is 328 g/mol. The Balaban J connectivity index is 1.72. The van der Waals surface area contributed by atoms with Crippen molar-refractivity contribution in [3.05, 3.63) is 45.8 Å². The van der Waals surface area contributed by atoms with Crippen LogP contribution in [0.4, 0.5) is 5.69 Å². The van der Waals surface area contributed by atoms with Gasteiger partial charge in [-0.2, -0.15) is 0 Å². The van der Waals surface area contributed by atoms with E-state index >= 15 is 0 Å². The van der Waals surface area contributed by atoms with E-state index in [0.717, 1.165) is 17.0 Å². The van der Waals surface area contributed by atoms with Crippen LogP contribution in [0.25, 0.3) is 10.2 Å². The third-order valence-corrected chi connectivity index (χ3v) is 6.31. The monoisotopic (exact) mass is 346 g/mol. The maximum absolute atomic E-state index is 6.26. The first-order chi connectivity index (χ1) is 11.2. The quantitative estimate of drug-likeness (QED) is 0.578. The van der Waals surface area contributed by atoms with Crippen LogP contribution in [0.1, 0.15) is 47.8 Å². The number of thiophene rings is 1. The molecule has 0 saturated heterocycles. The lowest BCUT2D eigenvalue weighted by atomic mass is 10.0. The lowest BCUT2D eigenvalue weighted by molar-refractivity contribution is 0.518. The molecule has 0 spiro atoms. The van der Waals surface area contributed by atoms with Crippen LogP contribution in [0.2, 0.25) is 5.15 Å². The molecule has 1 aliphatic carbocycles. The molecule has 0 amide bonds. The smallest absolute Gasteiger partial charge is 0.131 e. The van der Waals surface area contributed by atoms with Gasteiger partial charge in [0, 0.05) is 10.9 Å². The van der Waals surface area contributed by atoms with E-state index in [0.29, 0.717) is 17.6 Å². The fraction of sp³-hybridized carbons (Fsp3) is 0.389. The molecule has 3 nitrogen and oxygen atoms in total.